The molecule has 2 aromatic rings. The zero-order chi connectivity index (χ0) is 15.0. The fourth-order valence-corrected chi connectivity index (χ4v) is 2.82. The molecule has 1 N–H and O–H groups in total. The number of ether oxygens (including phenoxy) is 1. The van der Waals surface area contributed by atoms with Crippen LogP contribution >= 0.6 is 0 Å². The second kappa shape index (κ2) is 5.02. The number of rotatable bonds is 3. The highest BCUT2D eigenvalue weighted by atomic mass is 16.5. The van der Waals surface area contributed by atoms with E-state index in [2.05, 4.69) is 36.8 Å². The Kier molecular flexibility index (Phi) is 3.32. The lowest BCUT2D eigenvalue weighted by Crippen LogP contribution is -2.24. The number of nitrogens with one attached hydrogen (secondary N) is 1. The number of para-hydroxylation sites is 1. The van der Waals surface area contributed by atoms with Crippen molar-refractivity contribution >= 4 is 0 Å². The van der Waals surface area contributed by atoms with E-state index in [9.17, 15) is 4.79 Å². The standard InChI is InChI=1S/C17H20N2O2/c1-4-6-12-9-14(20)19-16(18-12)13-8-5-7-11-10-17(2,3)21-15(11)13/h5,7-9H,4,6,10H2,1-3H3,(H,18,19,20). The SMILES string of the molecule is CCCc1cc(=O)[nH]c(-c2cccc3c2OC(C)(C)C3)n1. The van der Waals surface area contributed by atoms with Crippen LogP contribution in [0.25, 0.3) is 11.4 Å². The van der Waals surface area contributed by atoms with Crippen molar-refractivity contribution in [2.45, 2.75) is 45.6 Å². The van der Waals surface area contributed by atoms with Crippen molar-refractivity contribution in [3.8, 4) is 17.1 Å². The first kappa shape index (κ1) is 13.9. The number of hydrogen-bond acceptors (Lipinski definition) is 3. The summed E-state index contributed by atoms with van der Waals surface area (Å²) in [4.78, 5) is 19.3. The Balaban J connectivity index is 2.11. The van der Waals surface area contributed by atoms with Crippen LogP contribution in [0.4, 0.5) is 0 Å². The Labute approximate surface area is 124 Å². The van der Waals surface area contributed by atoms with Crippen LogP contribution in [-0.2, 0) is 12.8 Å². The monoisotopic (exact) mass is 284 g/mol. The lowest BCUT2D eigenvalue weighted by molar-refractivity contribution is 0.139. The third-order valence-corrected chi connectivity index (χ3v) is 3.65. The first-order valence-electron chi connectivity index (χ1n) is 7.40. The topological polar surface area (TPSA) is 55.0 Å². The Morgan fingerprint density at radius 3 is 2.95 bits per heavy atom. The molecule has 0 saturated heterocycles. The van der Waals surface area contributed by atoms with Crippen LogP contribution in [-0.4, -0.2) is 15.6 Å². The predicted octanol–water partition coefficient (Wildman–Crippen LogP) is 3.10. The molecule has 0 saturated carbocycles. The lowest BCUT2D eigenvalue weighted by Gasteiger charge is -2.18. The van der Waals surface area contributed by atoms with Crippen molar-refractivity contribution in [3.63, 3.8) is 0 Å². The second-order valence-corrected chi connectivity index (χ2v) is 6.17. The molecule has 4 heteroatoms. The molecule has 0 bridgehead atoms. The third kappa shape index (κ3) is 2.71. The van der Waals surface area contributed by atoms with Gasteiger partial charge in [-0.1, -0.05) is 25.5 Å². The van der Waals surface area contributed by atoms with E-state index in [1.54, 1.807) is 6.07 Å². The van der Waals surface area contributed by atoms with Gasteiger partial charge in [-0.15, -0.1) is 0 Å². The molecule has 110 valence electrons. The van der Waals surface area contributed by atoms with E-state index < -0.39 is 0 Å². The molecule has 1 aliphatic rings. The van der Waals surface area contributed by atoms with E-state index in [1.165, 1.54) is 5.56 Å². The molecule has 21 heavy (non-hydrogen) atoms. The summed E-state index contributed by atoms with van der Waals surface area (Å²) in [5, 5.41) is 0. The summed E-state index contributed by atoms with van der Waals surface area (Å²) in [6, 6.07) is 7.59. The molecule has 0 unspecified atom stereocenters. The molecule has 0 atom stereocenters. The van der Waals surface area contributed by atoms with Crippen LogP contribution in [0, 0.1) is 0 Å². The number of fused-ring (bicyclic) bond motifs is 1. The predicted molar refractivity (Wildman–Crippen MR) is 82.7 cm³/mol. The number of aromatic amines is 1. The highest BCUT2D eigenvalue weighted by molar-refractivity contribution is 5.68. The van der Waals surface area contributed by atoms with Crippen molar-refractivity contribution in [1.29, 1.82) is 0 Å². The maximum atomic E-state index is 11.9. The summed E-state index contributed by atoms with van der Waals surface area (Å²) in [5.41, 5.74) is 2.54. The summed E-state index contributed by atoms with van der Waals surface area (Å²) in [7, 11) is 0. The normalized spacial score (nSPS) is 15.6. The van der Waals surface area contributed by atoms with E-state index in [1.807, 2.05) is 12.1 Å². The van der Waals surface area contributed by atoms with Crippen molar-refractivity contribution in [3.05, 3.63) is 45.9 Å². The lowest BCUT2D eigenvalue weighted by atomic mass is 10.0. The van der Waals surface area contributed by atoms with Crippen molar-refractivity contribution < 1.29 is 4.74 Å². The fourth-order valence-electron chi connectivity index (χ4n) is 2.82. The molecular weight excluding hydrogens is 264 g/mol. The van der Waals surface area contributed by atoms with Gasteiger partial charge in [0.2, 0.25) is 0 Å². The molecule has 3 rings (SSSR count). The Hall–Kier alpha value is -2.10. The maximum Gasteiger partial charge on any atom is 0.251 e. The fraction of sp³-hybridized carbons (Fsp3) is 0.412. The Morgan fingerprint density at radius 1 is 1.38 bits per heavy atom. The van der Waals surface area contributed by atoms with Crippen molar-refractivity contribution in [1.82, 2.24) is 9.97 Å². The molecule has 0 amide bonds. The Bertz CT molecular complexity index is 732. The van der Waals surface area contributed by atoms with Crippen molar-refractivity contribution in [2.24, 2.45) is 0 Å². The van der Waals surface area contributed by atoms with Crippen molar-refractivity contribution in [2.75, 3.05) is 0 Å². The minimum atomic E-state index is -0.209. The average molecular weight is 284 g/mol. The Morgan fingerprint density at radius 2 is 2.19 bits per heavy atom. The van der Waals surface area contributed by atoms with Gasteiger partial charge in [0.15, 0.2) is 0 Å². The van der Waals surface area contributed by atoms with Crippen LogP contribution in [0.3, 0.4) is 0 Å². The summed E-state index contributed by atoms with van der Waals surface area (Å²) in [5.74, 6) is 1.44. The van der Waals surface area contributed by atoms with Gasteiger partial charge in [0.05, 0.1) is 5.56 Å². The molecular formula is C17H20N2O2. The minimum absolute atomic E-state index is 0.113. The molecule has 1 aliphatic heterocycles. The minimum Gasteiger partial charge on any atom is -0.486 e. The van der Waals surface area contributed by atoms with E-state index in [0.29, 0.717) is 5.82 Å². The van der Waals surface area contributed by atoms with E-state index in [-0.39, 0.29) is 11.2 Å². The second-order valence-electron chi connectivity index (χ2n) is 6.17. The summed E-state index contributed by atoms with van der Waals surface area (Å²) < 4.78 is 6.06. The first-order chi connectivity index (χ1) is 9.98. The summed E-state index contributed by atoms with van der Waals surface area (Å²) in [6.07, 6.45) is 2.64. The zero-order valence-electron chi connectivity index (χ0n) is 12.7. The van der Waals surface area contributed by atoms with Gasteiger partial charge in [-0.3, -0.25) is 4.79 Å². The van der Waals surface area contributed by atoms with Gasteiger partial charge in [0.25, 0.3) is 5.56 Å². The van der Waals surface area contributed by atoms with Crippen LogP contribution in [0.1, 0.15) is 38.4 Å². The van der Waals surface area contributed by atoms with Gasteiger partial charge in [0, 0.05) is 18.2 Å². The number of hydrogen-bond donors (Lipinski definition) is 1. The van der Waals surface area contributed by atoms with Gasteiger partial charge in [-0.2, -0.15) is 0 Å². The highest BCUT2D eigenvalue weighted by Gasteiger charge is 2.32. The molecule has 2 heterocycles. The number of aromatic nitrogens is 2. The summed E-state index contributed by atoms with van der Waals surface area (Å²) in [6.45, 7) is 6.22. The molecule has 1 aromatic carbocycles. The largest absolute Gasteiger partial charge is 0.486 e. The molecule has 4 nitrogen and oxygen atoms in total. The highest BCUT2D eigenvalue weighted by Crippen LogP contribution is 2.40. The molecule has 0 aliphatic carbocycles. The molecule has 0 fully saturated rings. The number of H-pyrrole nitrogens is 1. The van der Waals surface area contributed by atoms with E-state index >= 15 is 0 Å². The van der Waals surface area contributed by atoms with Crippen LogP contribution in [0.5, 0.6) is 5.75 Å². The number of aryl methyl sites for hydroxylation is 1. The van der Waals surface area contributed by atoms with Gasteiger partial charge in [0.1, 0.15) is 17.2 Å². The number of benzene rings is 1. The van der Waals surface area contributed by atoms with Gasteiger partial charge >= 0.3 is 0 Å². The maximum absolute atomic E-state index is 11.9. The van der Waals surface area contributed by atoms with E-state index in [4.69, 9.17) is 4.74 Å². The quantitative estimate of drug-likeness (QED) is 0.942. The average Bonchev–Trinajstić information content (AvgIpc) is 2.71. The molecule has 0 spiro atoms. The molecule has 0 radical (unpaired) electrons. The van der Waals surface area contributed by atoms with E-state index in [0.717, 1.165) is 36.3 Å². The third-order valence-electron chi connectivity index (χ3n) is 3.65. The van der Waals surface area contributed by atoms with Crippen LogP contribution in [0.15, 0.2) is 29.1 Å². The van der Waals surface area contributed by atoms with Gasteiger partial charge in [-0.05, 0) is 31.9 Å². The smallest absolute Gasteiger partial charge is 0.251 e. The van der Waals surface area contributed by atoms with Crippen LogP contribution in [0.2, 0.25) is 0 Å². The summed E-state index contributed by atoms with van der Waals surface area (Å²) >= 11 is 0. The molecule has 1 aromatic heterocycles. The van der Waals surface area contributed by atoms with Gasteiger partial charge in [-0.25, -0.2) is 4.98 Å². The zero-order valence-corrected chi connectivity index (χ0v) is 12.7. The number of nitrogens with zero attached hydrogens (tertiary/aromatic N) is 1. The van der Waals surface area contributed by atoms with Gasteiger partial charge < -0.3 is 9.72 Å². The first-order valence-corrected chi connectivity index (χ1v) is 7.40. The van der Waals surface area contributed by atoms with Crippen LogP contribution < -0.4 is 10.3 Å².